The highest BCUT2D eigenvalue weighted by Gasteiger charge is 2.12. The first-order chi connectivity index (χ1) is 10.0. The van der Waals surface area contributed by atoms with Crippen LogP contribution in [0.2, 0.25) is 0 Å². The van der Waals surface area contributed by atoms with Crippen LogP contribution in [0.25, 0.3) is 11.1 Å². The molecular formula is C16H16F2N2O. The fraction of sp³-hybridized carbons (Fsp3) is 0.250. The van der Waals surface area contributed by atoms with E-state index in [9.17, 15) is 13.6 Å². The number of benzene rings is 1. The summed E-state index contributed by atoms with van der Waals surface area (Å²) in [7, 11) is 0. The molecule has 1 amide bonds. The molecule has 1 atom stereocenters. The molecule has 0 aliphatic carbocycles. The number of carbonyl (C=O) groups excluding carboxylic acids is 1. The third-order valence-corrected chi connectivity index (χ3v) is 3.23. The van der Waals surface area contributed by atoms with Crippen LogP contribution >= 0.6 is 0 Å². The number of nitrogens with one attached hydrogen (secondary N) is 1. The van der Waals surface area contributed by atoms with Crippen molar-refractivity contribution in [2.45, 2.75) is 26.3 Å². The van der Waals surface area contributed by atoms with Crippen LogP contribution in [0.3, 0.4) is 0 Å². The molecule has 0 saturated heterocycles. The summed E-state index contributed by atoms with van der Waals surface area (Å²) in [6.45, 7) is 3.85. The molecule has 2 aromatic rings. The van der Waals surface area contributed by atoms with Crippen molar-refractivity contribution in [1.29, 1.82) is 0 Å². The minimum Gasteiger partial charge on any atom is -0.350 e. The SMILES string of the molecule is CCC(C)NC(=O)c1cncc(-c2cc(F)ccc2F)c1. The van der Waals surface area contributed by atoms with Gasteiger partial charge >= 0.3 is 0 Å². The highest BCUT2D eigenvalue weighted by molar-refractivity contribution is 5.95. The van der Waals surface area contributed by atoms with Crippen molar-refractivity contribution in [2.24, 2.45) is 0 Å². The first-order valence-electron chi connectivity index (χ1n) is 6.72. The number of amides is 1. The van der Waals surface area contributed by atoms with Gasteiger partial charge in [0.2, 0.25) is 0 Å². The van der Waals surface area contributed by atoms with E-state index in [0.717, 1.165) is 24.6 Å². The minimum absolute atomic E-state index is 0.0343. The Morgan fingerprint density at radius 3 is 2.76 bits per heavy atom. The first-order valence-corrected chi connectivity index (χ1v) is 6.72. The van der Waals surface area contributed by atoms with Crippen LogP contribution in [0.5, 0.6) is 0 Å². The normalized spacial score (nSPS) is 12.0. The van der Waals surface area contributed by atoms with Crippen molar-refractivity contribution in [2.75, 3.05) is 0 Å². The highest BCUT2D eigenvalue weighted by Crippen LogP contribution is 2.23. The molecule has 3 nitrogen and oxygen atoms in total. The van der Waals surface area contributed by atoms with Crippen molar-refractivity contribution in [3.05, 3.63) is 53.9 Å². The molecule has 5 heteroatoms. The molecule has 1 N–H and O–H groups in total. The fourth-order valence-corrected chi connectivity index (χ4v) is 1.84. The Balaban J connectivity index is 2.33. The van der Waals surface area contributed by atoms with Crippen LogP contribution in [0.15, 0.2) is 36.7 Å². The van der Waals surface area contributed by atoms with E-state index in [0.29, 0.717) is 11.1 Å². The Bertz CT molecular complexity index is 658. The van der Waals surface area contributed by atoms with Crippen molar-refractivity contribution in [3.8, 4) is 11.1 Å². The average Bonchev–Trinajstić information content (AvgIpc) is 2.49. The number of pyridine rings is 1. The quantitative estimate of drug-likeness (QED) is 0.935. The second-order valence-electron chi connectivity index (χ2n) is 4.87. The Labute approximate surface area is 122 Å². The number of rotatable bonds is 4. The Hall–Kier alpha value is -2.30. The molecule has 1 aromatic carbocycles. The van der Waals surface area contributed by atoms with E-state index in [1.54, 1.807) is 0 Å². The molecule has 0 saturated carbocycles. The Kier molecular flexibility index (Phi) is 4.62. The number of hydrogen-bond donors (Lipinski definition) is 1. The Morgan fingerprint density at radius 1 is 1.29 bits per heavy atom. The fourth-order valence-electron chi connectivity index (χ4n) is 1.84. The smallest absolute Gasteiger partial charge is 0.253 e. The van der Waals surface area contributed by atoms with Crippen molar-refractivity contribution >= 4 is 5.91 Å². The molecule has 0 bridgehead atoms. The molecule has 1 unspecified atom stereocenters. The maximum atomic E-state index is 13.8. The van der Waals surface area contributed by atoms with Gasteiger partial charge in [-0.05, 0) is 37.6 Å². The minimum atomic E-state index is -0.558. The van der Waals surface area contributed by atoms with E-state index in [1.165, 1.54) is 18.5 Å². The Morgan fingerprint density at radius 2 is 2.05 bits per heavy atom. The van der Waals surface area contributed by atoms with Gasteiger partial charge < -0.3 is 5.32 Å². The molecule has 0 aliphatic heterocycles. The van der Waals surface area contributed by atoms with E-state index < -0.39 is 11.6 Å². The molecule has 1 heterocycles. The zero-order chi connectivity index (χ0) is 15.4. The lowest BCUT2D eigenvalue weighted by Crippen LogP contribution is -2.31. The summed E-state index contributed by atoms with van der Waals surface area (Å²) in [6, 6.07) is 4.72. The van der Waals surface area contributed by atoms with Crippen LogP contribution < -0.4 is 5.32 Å². The molecular weight excluding hydrogens is 274 g/mol. The van der Waals surface area contributed by atoms with Crippen molar-refractivity contribution < 1.29 is 13.6 Å². The molecule has 0 radical (unpaired) electrons. The molecule has 0 fully saturated rings. The van der Waals surface area contributed by atoms with E-state index in [4.69, 9.17) is 0 Å². The number of hydrogen-bond acceptors (Lipinski definition) is 2. The molecule has 0 spiro atoms. The van der Waals surface area contributed by atoms with Gasteiger partial charge in [0.15, 0.2) is 0 Å². The van der Waals surface area contributed by atoms with Gasteiger partial charge in [-0.15, -0.1) is 0 Å². The van der Waals surface area contributed by atoms with Gasteiger partial charge in [0, 0.05) is 29.6 Å². The van der Waals surface area contributed by atoms with Gasteiger partial charge in [-0.3, -0.25) is 9.78 Å². The third kappa shape index (κ3) is 3.62. The average molecular weight is 290 g/mol. The summed E-state index contributed by atoms with van der Waals surface area (Å²) in [6.07, 6.45) is 3.60. The van der Waals surface area contributed by atoms with Crippen LogP contribution in [0.1, 0.15) is 30.6 Å². The molecule has 110 valence electrons. The van der Waals surface area contributed by atoms with E-state index in [2.05, 4.69) is 10.3 Å². The summed E-state index contributed by atoms with van der Waals surface area (Å²) >= 11 is 0. The largest absolute Gasteiger partial charge is 0.350 e. The lowest BCUT2D eigenvalue weighted by molar-refractivity contribution is 0.0939. The number of nitrogens with zero attached hydrogens (tertiary/aromatic N) is 1. The lowest BCUT2D eigenvalue weighted by Gasteiger charge is -2.12. The van der Waals surface area contributed by atoms with Crippen LogP contribution in [0.4, 0.5) is 8.78 Å². The van der Waals surface area contributed by atoms with Gasteiger partial charge in [0.1, 0.15) is 11.6 Å². The van der Waals surface area contributed by atoms with Crippen LogP contribution in [-0.2, 0) is 0 Å². The van der Waals surface area contributed by atoms with Crippen LogP contribution in [-0.4, -0.2) is 16.9 Å². The zero-order valence-electron chi connectivity index (χ0n) is 11.9. The number of aromatic nitrogens is 1. The predicted molar refractivity (Wildman–Crippen MR) is 76.8 cm³/mol. The van der Waals surface area contributed by atoms with Gasteiger partial charge in [-0.2, -0.15) is 0 Å². The molecule has 21 heavy (non-hydrogen) atoms. The number of carbonyl (C=O) groups is 1. The summed E-state index contributed by atoms with van der Waals surface area (Å²) in [4.78, 5) is 16.0. The van der Waals surface area contributed by atoms with Crippen molar-refractivity contribution in [1.82, 2.24) is 10.3 Å². The van der Waals surface area contributed by atoms with E-state index >= 15 is 0 Å². The molecule has 1 aromatic heterocycles. The zero-order valence-corrected chi connectivity index (χ0v) is 11.9. The molecule has 0 aliphatic rings. The highest BCUT2D eigenvalue weighted by atomic mass is 19.1. The monoisotopic (exact) mass is 290 g/mol. The van der Waals surface area contributed by atoms with E-state index in [1.807, 2.05) is 13.8 Å². The lowest BCUT2D eigenvalue weighted by atomic mass is 10.0. The summed E-state index contributed by atoms with van der Waals surface area (Å²) in [5.74, 6) is -1.38. The maximum Gasteiger partial charge on any atom is 0.253 e. The van der Waals surface area contributed by atoms with E-state index in [-0.39, 0.29) is 17.5 Å². The summed E-state index contributed by atoms with van der Waals surface area (Å²) < 4.78 is 27.0. The van der Waals surface area contributed by atoms with Gasteiger partial charge in [-0.1, -0.05) is 6.92 Å². The summed E-state index contributed by atoms with van der Waals surface area (Å²) in [5.41, 5.74) is 0.765. The second-order valence-corrected chi connectivity index (χ2v) is 4.87. The number of halogens is 2. The summed E-state index contributed by atoms with van der Waals surface area (Å²) in [5, 5.41) is 2.80. The van der Waals surface area contributed by atoms with Crippen molar-refractivity contribution in [3.63, 3.8) is 0 Å². The standard InChI is InChI=1S/C16H16F2N2O/c1-3-10(2)20-16(21)12-6-11(8-19-9-12)14-7-13(17)4-5-15(14)18/h4-10H,3H2,1-2H3,(H,20,21). The van der Waals surface area contributed by atoms with Gasteiger partial charge in [-0.25, -0.2) is 8.78 Å². The maximum absolute atomic E-state index is 13.8. The van der Waals surface area contributed by atoms with Gasteiger partial charge in [0.25, 0.3) is 5.91 Å². The predicted octanol–water partition coefficient (Wildman–Crippen LogP) is 3.56. The molecule has 2 rings (SSSR count). The first kappa shape index (κ1) is 15.1. The topological polar surface area (TPSA) is 42.0 Å². The third-order valence-electron chi connectivity index (χ3n) is 3.23. The van der Waals surface area contributed by atoms with Gasteiger partial charge in [0.05, 0.1) is 5.56 Å². The second kappa shape index (κ2) is 6.43. The van der Waals surface area contributed by atoms with Crippen LogP contribution in [0, 0.1) is 11.6 Å².